The maximum absolute atomic E-state index is 5.96. The largest absolute Gasteiger partial charge is 0.379 e. The van der Waals surface area contributed by atoms with E-state index in [9.17, 15) is 0 Å². The van der Waals surface area contributed by atoms with Crippen molar-refractivity contribution >= 4 is 0 Å². The van der Waals surface area contributed by atoms with Crippen molar-refractivity contribution in [3.8, 4) is 0 Å². The Bertz CT molecular complexity index is 296. The van der Waals surface area contributed by atoms with Gasteiger partial charge < -0.3 is 14.2 Å². The molecule has 1 unspecified atom stereocenters. The second-order valence-electron chi connectivity index (χ2n) is 9.87. The number of hydrogen-bond acceptors (Lipinski definition) is 3. The first-order chi connectivity index (χ1) is 11.8. The van der Waals surface area contributed by atoms with Crippen LogP contribution in [0.15, 0.2) is 0 Å². The van der Waals surface area contributed by atoms with Crippen LogP contribution in [-0.2, 0) is 14.2 Å². The van der Waals surface area contributed by atoms with Crippen LogP contribution in [0.1, 0.15) is 110 Å². The molecule has 0 aliphatic carbocycles. The number of rotatable bonds is 11. The third-order valence-electron chi connectivity index (χ3n) is 4.41. The summed E-state index contributed by atoms with van der Waals surface area (Å²) >= 11 is 0. The SMILES string of the molecule is C.C.CC(C)CCOCC(OCCOC(C)(C)C)C(C)(C)C.CCC(C)CC. The lowest BCUT2D eigenvalue weighted by atomic mass is 9.89. The molecular weight excluding hydrogens is 348 g/mol. The standard InChI is InChI=1S/C17H36O3.C6H14.2CH4/c1-14(2)9-10-18-13-15(16(3,4)5)19-11-12-20-17(6,7)8;1-4-6(3)5-2;;/h14-15H,9-13H2,1-8H3;6H,4-5H2,1-3H3;2*1H4. The second-order valence-corrected chi connectivity index (χ2v) is 9.87. The van der Waals surface area contributed by atoms with Crippen molar-refractivity contribution in [2.45, 2.75) is 122 Å². The van der Waals surface area contributed by atoms with E-state index in [1.807, 2.05) is 0 Å². The fourth-order valence-corrected chi connectivity index (χ4v) is 1.88. The van der Waals surface area contributed by atoms with Crippen molar-refractivity contribution in [3.05, 3.63) is 0 Å². The van der Waals surface area contributed by atoms with Gasteiger partial charge in [-0.05, 0) is 44.4 Å². The summed E-state index contributed by atoms with van der Waals surface area (Å²) in [4.78, 5) is 0. The molecule has 3 nitrogen and oxygen atoms in total. The van der Waals surface area contributed by atoms with Gasteiger partial charge in [0.1, 0.15) is 0 Å². The molecule has 176 valence electrons. The quantitative estimate of drug-likeness (QED) is 0.325. The van der Waals surface area contributed by atoms with E-state index >= 15 is 0 Å². The second kappa shape index (κ2) is 18.9. The average Bonchev–Trinajstić information content (AvgIpc) is 2.50. The van der Waals surface area contributed by atoms with Crippen molar-refractivity contribution in [1.29, 1.82) is 0 Å². The molecule has 0 aromatic rings. The highest BCUT2D eigenvalue weighted by Crippen LogP contribution is 2.23. The van der Waals surface area contributed by atoms with Crippen LogP contribution in [0.25, 0.3) is 0 Å². The first kappa shape index (κ1) is 35.3. The normalized spacial score (nSPS) is 12.8. The Morgan fingerprint density at radius 2 is 1.25 bits per heavy atom. The van der Waals surface area contributed by atoms with Gasteiger partial charge in [-0.2, -0.15) is 0 Å². The molecule has 0 amide bonds. The molecular formula is C25H58O3. The summed E-state index contributed by atoms with van der Waals surface area (Å²) in [5.41, 5.74) is -0.0199. The van der Waals surface area contributed by atoms with Crippen LogP contribution in [0.2, 0.25) is 0 Å². The van der Waals surface area contributed by atoms with Gasteiger partial charge in [-0.15, -0.1) is 0 Å². The zero-order valence-corrected chi connectivity index (χ0v) is 19.9. The first-order valence-electron chi connectivity index (χ1n) is 10.7. The van der Waals surface area contributed by atoms with E-state index in [1.54, 1.807) is 0 Å². The van der Waals surface area contributed by atoms with Gasteiger partial charge in [0.2, 0.25) is 0 Å². The molecule has 0 radical (unpaired) electrons. The highest BCUT2D eigenvalue weighted by molar-refractivity contribution is 4.74. The molecule has 0 aromatic heterocycles. The predicted octanol–water partition coefficient (Wildman–Crippen LogP) is 8.01. The lowest BCUT2D eigenvalue weighted by Crippen LogP contribution is -2.35. The van der Waals surface area contributed by atoms with Gasteiger partial charge in [0.05, 0.1) is 31.5 Å². The maximum atomic E-state index is 5.96. The Morgan fingerprint density at radius 1 is 0.750 bits per heavy atom. The highest BCUT2D eigenvalue weighted by atomic mass is 16.6. The number of hydrogen-bond donors (Lipinski definition) is 0. The van der Waals surface area contributed by atoms with Crippen molar-refractivity contribution in [3.63, 3.8) is 0 Å². The van der Waals surface area contributed by atoms with Crippen LogP contribution in [-0.4, -0.2) is 38.1 Å². The highest BCUT2D eigenvalue weighted by Gasteiger charge is 2.25. The molecule has 28 heavy (non-hydrogen) atoms. The van der Waals surface area contributed by atoms with Crippen LogP contribution in [0, 0.1) is 17.3 Å². The summed E-state index contributed by atoms with van der Waals surface area (Å²) < 4.78 is 17.4. The minimum atomic E-state index is -0.103. The summed E-state index contributed by atoms with van der Waals surface area (Å²) in [6.45, 7) is 26.6. The lowest BCUT2D eigenvalue weighted by Gasteiger charge is -2.31. The average molecular weight is 407 g/mol. The molecule has 0 bridgehead atoms. The van der Waals surface area contributed by atoms with E-state index in [0.29, 0.717) is 25.7 Å². The van der Waals surface area contributed by atoms with Crippen LogP contribution >= 0.6 is 0 Å². The van der Waals surface area contributed by atoms with Gasteiger partial charge in [0.15, 0.2) is 0 Å². The van der Waals surface area contributed by atoms with E-state index in [4.69, 9.17) is 14.2 Å². The molecule has 0 aromatic carbocycles. The van der Waals surface area contributed by atoms with Crippen molar-refractivity contribution in [2.75, 3.05) is 26.4 Å². The van der Waals surface area contributed by atoms with Gasteiger partial charge in [-0.3, -0.25) is 0 Å². The van der Waals surface area contributed by atoms with Crippen molar-refractivity contribution < 1.29 is 14.2 Å². The van der Waals surface area contributed by atoms with Gasteiger partial charge in [-0.25, -0.2) is 0 Å². The fourth-order valence-electron chi connectivity index (χ4n) is 1.88. The van der Waals surface area contributed by atoms with Gasteiger partial charge in [-0.1, -0.05) is 83.1 Å². The number of ether oxygens (including phenoxy) is 3. The van der Waals surface area contributed by atoms with Gasteiger partial charge in [0, 0.05) is 6.61 Å². The Morgan fingerprint density at radius 3 is 1.57 bits per heavy atom. The minimum absolute atomic E-state index is 0. The summed E-state index contributed by atoms with van der Waals surface area (Å²) in [6, 6.07) is 0. The monoisotopic (exact) mass is 406 g/mol. The smallest absolute Gasteiger partial charge is 0.0857 e. The summed E-state index contributed by atoms with van der Waals surface area (Å²) in [5.74, 6) is 1.62. The van der Waals surface area contributed by atoms with Gasteiger partial charge in [0.25, 0.3) is 0 Å². The summed E-state index contributed by atoms with van der Waals surface area (Å²) in [7, 11) is 0. The molecule has 3 heteroatoms. The van der Waals surface area contributed by atoms with Gasteiger partial charge >= 0.3 is 0 Å². The van der Waals surface area contributed by atoms with Crippen LogP contribution in [0.4, 0.5) is 0 Å². The molecule has 1 atom stereocenters. The third-order valence-corrected chi connectivity index (χ3v) is 4.41. The molecule has 0 fully saturated rings. The van der Waals surface area contributed by atoms with Crippen LogP contribution in [0.5, 0.6) is 0 Å². The third kappa shape index (κ3) is 25.9. The van der Waals surface area contributed by atoms with Crippen molar-refractivity contribution in [2.24, 2.45) is 17.3 Å². The topological polar surface area (TPSA) is 27.7 Å². The van der Waals surface area contributed by atoms with E-state index in [-0.39, 0.29) is 32.0 Å². The van der Waals surface area contributed by atoms with E-state index in [0.717, 1.165) is 18.9 Å². The van der Waals surface area contributed by atoms with Crippen molar-refractivity contribution in [1.82, 2.24) is 0 Å². The molecule has 0 saturated carbocycles. The Hall–Kier alpha value is -0.120. The molecule has 0 aliphatic heterocycles. The molecule has 0 heterocycles. The minimum Gasteiger partial charge on any atom is -0.379 e. The Labute approximate surface area is 180 Å². The van der Waals surface area contributed by atoms with E-state index < -0.39 is 0 Å². The summed E-state index contributed by atoms with van der Waals surface area (Å²) in [6.07, 6.45) is 3.87. The molecule has 0 aliphatic rings. The zero-order chi connectivity index (χ0) is 20.8. The molecule has 0 spiro atoms. The Kier molecular flexibility index (Phi) is 23.8. The Balaban J connectivity index is -0.000000312. The maximum Gasteiger partial charge on any atom is 0.0857 e. The molecule has 0 rings (SSSR count). The van der Waals surface area contributed by atoms with Crippen LogP contribution in [0.3, 0.4) is 0 Å². The van der Waals surface area contributed by atoms with E-state index in [1.165, 1.54) is 12.8 Å². The molecule has 0 N–H and O–H groups in total. The van der Waals surface area contributed by atoms with E-state index in [2.05, 4.69) is 76.2 Å². The lowest BCUT2D eigenvalue weighted by molar-refractivity contribution is -0.100. The first-order valence-corrected chi connectivity index (χ1v) is 10.7. The molecule has 0 saturated heterocycles. The predicted molar refractivity (Wildman–Crippen MR) is 128 cm³/mol. The zero-order valence-electron chi connectivity index (χ0n) is 19.9. The summed E-state index contributed by atoms with van der Waals surface area (Å²) in [5, 5.41) is 0. The fraction of sp³-hybridized carbons (Fsp3) is 1.00. The van der Waals surface area contributed by atoms with Crippen LogP contribution < -0.4 is 0 Å².